The van der Waals surface area contributed by atoms with Gasteiger partial charge in [0, 0.05) is 13.0 Å². The standard InChI is InChI=1S/C16H21N3O3.ClH/c1-16(6-7-17-10-16)15-18-14(19-22-15)9-11-4-5-12(20-2)13(8-11)21-3;/h4-5,8,17H,6-7,9-10H2,1-3H3;1H. The third kappa shape index (κ3) is 3.59. The summed E-state index contributed by atoms with van der Waals surface area (Å²) in [5.41, 5.74) is 1.00. The van der Waals surface area contributed by atoms with Crippen LogP contribution >= 0.6 is 12.4 Å². The van der Waals surface area contributed by atoms with E-state index in [1.165, 1.54) is 0 Å². The van der Waals surface area contributed by atoms with E-state index in [-0.39, 0.29) is 17.8 Å². The fraction of sp³-hybridized carbons (Fsp3) is 0.500. The van der Waals surface area contributed by atoms with Gasteiger partial charge in [0.2, 0.25) is 5.89 Å². The van der Waals surface area contributed by atoms with E-state index in [4.69, 9.17) is 14.0 Å². The Bertz CT molecular complexity index is 654. The topological polar surface area (TPSA) is 69.4 Å². The zero-order valence-electron chi connectivity index (χ0n) is 13.6. The second-order valence-electron chi connectivity index (χ2n) is 5.87. The second kappa shape index (κ2) is 7.19. The minimum absolute atomic E-state index is 0. The molecule has 1 aromatic carbocycles. The van der Waals surface area contributed by atoms with Crippen LogP contribution in [0.4, 0.5) is 0 Å². The molecule has 23 heavy (non-hydrogen) atoms. The average Bonchev–Trinajstić information content (AvgIpc) is 3.17. The molecular weight excluding hydrogens is 318 g/mol. The van der Waals surface area contributed by atoms with E-state index in [2.05, 4.69) is 22.4 Å². The molecule has 1 saturated heterocycles. The third-order valence-electron chi connectivity index (χ3n) is 4.16. The van der Waals surface area contributed by atoms with Gasteiger partial charge < -0.3 is 19.3 Å². The third-order valence-corrected chi connectivity index (χ3v) is 4.16. The molecule has 0 aliphatic carbocycles. The summed E-state index contributed by atoms with van der Waals surface area (Å²) < 4.78 is 16.0. The number of hydrogen-bond acceptors (Lipinski definition) is 6. The van der Waals surface area contributed by atoms with Gasteiger partial charge in [0.15, 0.2) is 17.3 Å². The molecule has 1 aliphatic heterocycles. The monoisotopic (exact) mass is 339 g/mol. The molecule has 1 unspecified atom stereocenters. The molecule has 0 bridgehead atoms. The quantitative estimate of drug-likeness (QED) is 0.901. The Morgan fingerprint density at radius 3 is 2.70 bits per heavy atom. The van der Waals surface area contributed by atoms with Crippen LogP contribution in [0.3, 0.4) is 0 Å². The average molecular weight is 340 g/mol. The molecule has 6 nitrogen and oxygen atoms in total. The van der Waals surface area contributed by atoms with Crippen molar-refractivity contribution in [3.63, 3.8) is 0 Å². The van der Waals surface area contributed by atoms with Crippen molar-refractivity contribution in [1.82, 2.24) is 15.5 Å². The highest BCUT2D eigenvalue weighted by Gasteiger charge is 2.36. The maximum Gasteiger partial charge on any atom is 0.233 e. The number of benzene rings is 1. The SMILES string of the molecule is COc1ccc(Cc2noc(C3(C)CCNC3)n2)cc1OC.Cl. The molecular formula is C16H22ClN3O3. The number of ether oxygens (including phenoxy) is 2. The van der Waals surface area contributed by atoms with Gasteiger partial charge in [0.25, 0.3) is 0 Å². The molecule has 126 valence electrons. The van der Waals surface area contributed by atoms with Crippen molar-refractivity contribution in [2.24, 2.45) is 0 Å². The van der Waals surface area contributed by atoms with Crippen LogP contribution in [-0.4, -0.2) is 37.4 Å². The van der Waals surface area contributed by atoms with E-state index in [0.29, 0.717) is 29.6 Å². The van der Waals surface area contributed by atoms with Crippen LogP contribution in [0.5, 0.6) is 11.5 Å². The normalized spacial score (nSPS) is 20.1. The second-order valence-corrected chi connectivity index (χ2v) is 5.87. The lowest BCUT2D eigenvalue weighted by molar-refractivity contribution is 0.304. The van der Waals surface area contributed by atoms with Gasteiger partial charge in [-0.15, -0.1) is 12.4 Å². The lowest BCUT2D eigenvalue weighted by Gasteiger charge is -2.15. The minimum atomic E-state index is -0.0527. The van der Waals surface area contributed by atoms with Gasteiger partial charge in [0.1, 0.15) is 0 Å². The van der Waals surface area contributed by atoms with Crippen molar-refractivity contribution in [3.8, 4) is 11.5 Å². The van der Waals surface area contributed by atoms with E-state index in [9.17, 15) is 0 Å². The number of nitrogens with one attached hydrogen (secondary N) is 1. The maximum atomic E-state index is 5.47. The van der Waals surface area contributed by atoms with E-state index < -0.39 is 0 Å². The van der Waals surface area contributed by atoms with Crippen LogP contribution in [0.2, 0.25) is 0 Å². The highest BCUT2D eigenvalue weighted by atomic mass is 35.5. The van der Waals surface area contributed by atoms with E-state index in [0.717, 1.165) is 25.1 Å². The van der Waals surface area contributed by atoms with Gasteiger partial charge in [-0.2, -0.15) is 4.98 Å². The highest BCUT2D eigenvalue weighted by molar-refractivity contribution is 5.85. The lowest BCUT2D eigenvalue weighted by Crippen LogP contribution is -2.25. The molecule has 1 aromatic heterocycles. The summed E-state index contributed by atoms with van der Waals surface area (Å²) in [6, 6.07) is 5.81. The molecule has 1 fully saturated rings. The van der Waals surface area contributed by atoms with E-state index >= 15 is 0 Å². The van der Waals surface area contributed by atoms with Crippen LogP contribution in [0, 0.1) is 0 Å². The molecule has 0 amide bonds. The van der Waals surface area contributed by atoms with Crippen molar-refractivity contribution in [3.05, 3.63) is 35.5 Å². The Balaban J connectivity index is 0.00000192. The van der Waals surface area contributed by atoms with Crippen LogP contribution in [0.25, 0.3) is 0 Å². The summed E-state index contributed by atoms with van der Waals surface area (Å²) in [5, 5.41) is 7.45. The summed E-state index contributed by atoms with van der Waals surface area (Å²) in [4.78, 5) is 4.57. The van der Waals surface area contributed by atoms with Crippen LogP contribution in [0.15, 0.2) is 22.7 Å². The molecule has 1 atom stereocenters. The van der Waals surface area contributed by atoms with Gasteiger partial charge in [-0.3, -0.25) is 0 Å². The minimum Gasteiger partial charge on any atom is -0.493 e. The van der Waals surface area contributed by atoms with Crippen LogP contribution < -0.4 is 14.8 Å². The Morgan fingerprint density at radius 1 is 1.26 bits per heavy atom. The lowest BCUT2D eigenvalue weighted by atomic mass is 9.90. The smallest absolute Gasteiger partial charge is 0.233 e. The Morgan fingerprint density at radius 2 is 2.04 bits per heavy atom. The van der Waals surface area contributed by atoms with Crippen molar-refractivity contribution >= 4 is 12.4 Å². The highest BCUT2D eigenvalue weighted by Crippen LogP contribution is 2.30. The van der Waals surface area contributed by atoms with Crippen LogP contribution in [0.1, 0.15) is 30.6 Å². The van der Waals surface area contributed by atoms with Gasteiger partial charge in [0.05, 0.1) is 19.6 Å². The van der Waals surface area contributed by atoms with Gasteiger partial charge in [-0.05, 0) is 37.6 Å². The Labute approximate surface area is 142 Å². The summed E-state index contributed by atoms with van der Waals surface area (Å²) in [5.74, 6) is 2.82. The van der Waals surface area contributed by atoms with Crippen molar-refractivity contribution < 1.29 is 14.0 Å². The van der Waals surface area contributed by atoms with Crippen molar-refractivity contribution in [1.29, 1.82) is 0 Å². The van der Waals surface area contributed by atoms with Crippen molar-refractivity contribution in [2.75, 3.05) is 27.3 Å². The summed E-state index contributed by atoms with van der Waals surface area (Å²) in [7, 11) is 3.25. The molecule has 0 saturated carbocycles. The first-order valence-electron chi connectivity index (χ1n) is 7.39. The molecule has 2 aromatic rings. The first-order valence-corrected chi connectivity index (χ1v) is 7.39. The van der Waals surface area contributed by atoms with Gasteiger partial charge >= 0.3 is 0 Å². The van der Waals surface area contributed by atoms with Crippen molar-refractivity contribution in [2.45, 2.75) is 25.2 Å². The first kappa shape index (κ1) is 17.6. The molecule has 3 rings (SSSR count). The van der Waals surface area contributed by atoms with E-state index in [1.54, 1.807) is 14.2 Å². The predicted octanol–water partition coefficient (Wildman–Crippen LogP) is 2.35. The maximum absolute atomic E-state index is 5.47. The first-order chi connectivity index (χ1) is 10.6. The van der Waals surface area contributed by atoms with Gasteiger partial charge in [-0.25, -0.2) is 0 Å². The largest absolute Gasteiger partial charge is 0.493 e. The molecule has 7 heteroatoms. The molecule has 1 aliphatic rings. The number of nitrogens with zero attached hydrogens (tertiary/aromatic N) is 2. The fourth-order valence-electron chi connectivity index (χ4n) is 2.74. The number of rotatable bonds is 5. The van der Waals surface area contributed by atoms with Gasteiger partial charge in [-0.1, -0.05) is 11.2 Å². The molecule has 1 N–H and O–H groups in total. The zero-order chi connectivity index (χ0) is 15.6. The number of hydrogen-bond donors (Lipinski definition) is 1. The number of aromatic nitrogens is 2. The summed E-state index contributed by atoms with van der Waals surface area (Å²) in [6.45, 7) is 4.02. The van der Waals surface area contributed by atoms with Crippen LogP contribution in [-0.2, 0) is 11.8 Å². The Kier molecular flexibility index (Phi) is 5.49. The summed E-state index contributed by atoms with van der Waals surface area (Å²) >= 11 is 0. The molecule has 0 radical (unpaired) electrons. The van der Waals surface area contributed by atoms with E-state index in [1.807, 2.05) is 18.2 Å². The Hall–Kier alpha value is -1.79. The zero-order valence-corrected chi connectivity index (χ0v) is 14.4. The predicted molar refractivity (Wildman–Crippen MR) is 88.7 cm³/mol. The molecule has 0 spiro atoms. The number of methoxy groups -OCH3 is 2. The fourth-order valence-corrected chi connectivity index (χ4v) is 2.74. The molecule has 2 heterocycles. The summed E-state index contributed by atoms with van der Waals surface area (Å²) in [6.07, 6.45) is 1.62. The number of halogens is 1.